The number of aromatic nitrogens is 2. The SMILES string of the molecule is CN[C@@H](C)[C@@H]1CCN(c2cc3c(cc2F)c(=O)n(O)c(=O)n3C2CC2)C1. The van der Waals surface area contributed by atoms with Crippen molar-refractivity contribution < 1.29 is 9.60 Å². The number of anilines is 1. The number of hydrogen-bond donors (Lipinski definition) is 2. The van der Waals surface area contributed by atoms with Crippen molar-refractivity contribution in [3.05, 3.63) is 38.8 Å². The molecule has 1 aliphatic carbocycles. The molecule has 0 radical (unpaired) electrons. The topological polar surface area (TPSA) is 79.5 Å². The Morgan fingerprint density at radius 2 is 2.00 bits per heavy atom. The molecular formula is C18H23FN4O3. The van der Waals surface area contributed by atoms with Crippen molar-refractivity contribution in [2.75, 3.05) is 25.0 Å². The molecule has 0 bridgehead atoms. The zero-order valence-electron chi connectivity index (χ0n) is 14.9. The molecule has 2 atom stereocenters. The van der Waals surface area contributed by atoms with Gasteiger partial charge in [-0.25, -0.2) is 9.18 Å². The molecule has 1 saturated heterocycles. The molecule has 4 rings (SSSR count). The van der Waals surface area contributed by atoms with Gasteiger partial charge in [0.1, 0.15) is 5.82 Å². The van der Waals surface area contributed by atoms with Crippen LogP contribution in [0.5, 0.6) is 0 Å². The quantitative estimate of drug-likeness (QED) is 0.802. The molecule has 7 nitrogen and oxygen atoms in total. The molecule has 140 valence electrons. The summed E-state index contributed by atoms with van der Waals surface area (Å²) in [6.07, 6.45) is 2.57. The minimum absolute atomic E-state index is 0.0274. The van der Waals surface area contributed by atoms with Crippen LogP contribution in [0.1, 0.15) is 32.2 Å². The van der Waals surface area contributed by atoms with E-state index in [-0.39, 0.29) is 16.2 Å². The third kappa shape index (κ3) is 2.59. The molecular weight excluding hydrogens is 339 g/mol. The second-order valence-corrected chi connectivity index (χ2v) is 7.39. The van der Waals surface area contributed by atoms with Gasteiger partial charge in [-0.1, -0.05) is 4.73 Å². The number of benzene rings is 1. The minimum atomic E-state index is -0.879. The second kappa shape index (κ2) is 6.12. The fourth-order valence-electron chi connectivity index (χ4n) is 3.91. The Bertz CT molecular complexity index is 979. The summed E-state index contributed by atoms with van der Waals surface area (Å²) in [6.45, 7) is 3.55. The smallest absolute Gasteiger partial charge is 0.365 e. The molecule has 1 aliphatic heterocycles. The Morgan fingerprint density at radius 3 is 2.65 bits per heavy atom. The first-order valence-electron chi connectivity index (χ1n) is 9.04. The highest BCUT2D eigenvalue weighted by atomic mass is 19.1. The molecule has 26 heavy (non-hydrogen) atoms. The van der Waals surface area contributed by atoms with Crippen molar-refractivity contribution in [2.24, 2.45) is 5.92 Å². The molecule has 0 spiro atoms. The first-order chi connectivity index (χ1) is 12.4. The van der Waals surface area contributed by atoms with Crippen LogP contribution in [0.15, 0.2) is 21.7 Å². The van der Waals surface area contributed by atoms with Gasteiger partial charge in [0.15, 0.2) is 0 Å². The van der Waals surface area contributed by atoms with Crippen molar-refractivity contribution in [1.82, 2.24) is 14.6 Å². The molecule has 2 aliphatic rings. The molecule has 1 aromatic heterocycles. The number of nitrogens with zero attached hydrogens (tertiary/aromatic N) is 3. The normalized spacial score (nSPS) is 21.5. The van der Waals surface area contributed by atoms with E-state index in [0.717, 1.165) is 38.4 Å². The summed E-state index contributed by atoms with van der Waals surface area (Å²) < 4.78 is 16.3. The van der Waals surface area contributed by atoms with E-state index < -0.39 is 17.1 Å². The first kappa shape index (κ1) is 17.1. The fourth-order valence-corrected chi connectivity index (χ4v) is 3.91. The van der Waals surface area contributed by atoms with E-state index in [0.29, 0.717) is 23.2 Å². The van der Waals surface area contributed by atoms with E-state index in [9.17, 15) is 19.2 Å². The molecule has 2 fully saturated rings. The number of nitrogens with one attached hydrogen (secondary N) is 1. The van der Waals surface area contributed by atoms with Gasteiger partial charge in [0, 0.05) is 25.2 Å². The monoisotopic (exact) mass is 362 g/mol. The van der Waals surface area contributed by atoms with Crippen LogP contribution in [0, 0.1) is 11.7 Å². The molecule has 1 saturated carbocycles. The van der Waals surface area contributed by atoms with Crippen LogP contribution in [0.2, 0.25) is 0 Å². The van der Waals surface area contributed by atoms with E-state index in [1.54, 1.807) is 6.07 Å². The zero-order valence-corrected chi connectivity index (χ0v) is 14.9. The number of hydrogen-bond acceptors (Lipinski definition) is 5. The average molecular weight is 362 g/mol. The average Bonchev–Trinajstić information content (AvgIpc) is 3.35. The lowest BCUT2D eigenvalue weighted by atomic mass is 10.0. The van der Waals surface area contributed by atoms with Crippen molar-refractivity contribution >= 4 is 16.6 Å². The maximum atomic E-state index is 14.8. The van der Waals surface area contributed by atoms with E-state index in [1.165, 1.54) is 4.57 Å². The Morgan fingerprint density at radius 1 is 1.27 bits per heavy atom. The van der Waals surface area contributed by atoms with E-state index in [1.807, 2.05) is 11.9 Å². The molecule has 2 aromatic rings. The molecule has 2 N–H and O–H groups in total. The van der Waals surface area contributed by atoms with E-state index in [4.69, 9.17) is 0 Å². The fraction of sp³-hybridized carbons (Fsp3) is 0.556. The van der Waals surface area contributed by atoms with Crippen LogP contribution < -0.4 is 21.5 Å². The van der Waals surface area contributed by atoms with Crippen LogP contribution in [0.3, 0.4) is 0 Å². The highest BCUT2D eigenvalue weighted by Crippen LogP contribution is 2.37. The lowest BCUT2D eigenvalue weighted by Crippen LogP contribution is -2.38. The maximum absolute atomic E-state index is 14.8. The van der Waals surface area contributed by atoms with Gasteiger partial charge >= 0.3 is 5.69 Å². The van der Waals surface area contributed by atoms with Crippen molar-refractivity contribution in [1.29, 1.82) is 0 Å². The minimum Gasteiger partial charge on any atom is -0.421 e. The molecule has 1 aromatic carbocycles. The third-order valence-electron chi connectivity index (χ3n) is 5.77. The molecule has 0 unspecified atom stereocenters. The Hall–Kier alpha value is -2.35. The van der Waals surface area contributed by atoms with Crippen molar-refractivity contribution in [3.63, 3.8) is 0 Å². The van der Waals surface area contributed by atoms with Crippen LogP contribution in [0.25, 0.3) is 10.9 Å². The van der Waals surface area contributed by atoms with Crippen LogP contribution in [0.4, 0.5) is 10.1 Å². The summed E-state index contributed by atoms with van der Waals surface area (Å²) in [4.78, 5) is 26.5. The second-order valence-electron chi connectivity index (χ2n) is 7.39. The van der Waals surface area contributed by atoms with E-state index in [2.05, 4.69) is 12.2 Å². The third-order valence-corrected chi connectivity index (χ3v) is 5.77. The lowest BCUT2D eigenvalue weighted by molar-refractivity contribution is 0.157. The number of halogens is 1. The highest BCUT2D eigenvalue weighted by Gasteiger charge is 2.31. The number of fused-ring (bicyclic) bond motifs is 1. The van der Waals surface area contributed by atoms with Gasteiger partial charge in [-0.05, 0) is 51.3 Å². The summed E-state index contributed by atoms with van der Waals surface area (Å²) in [7, 11) is 1.91. The largest absolute Gasteiger partial charge is 0.421 e. The molecule has 2 heterocycles. The zero-order chi connectivity index (χ0) is 18.6. The van der Waals surface area contributed by atoms with Crippen LogP contribution >= 0.6 is 0 Å². The predicted molar refractivity (Wildman–Crippen MR) is 96.7 cm³/mol. The van der Waals surface area contributed by atoms with E-state index >= 15 is 0 Å². The highest BCUT2D eigenvalue weighted by molar-refractivity contribution is 5.82. The van der Waals surface area contributed by atoms with Gasteiger partial charge in [-0.2, -0.15) is 0 Å². The lowest BCUT2D eigenvalue weighted by Gasteiger charge is -2.23. The predicted octanol–water partition coefficient (Wildman–Crippen LogP) is 1.31. The standard InChI is InChI=1S/C18H23FN4O3/c1-10(20-2)11-5-6-21(9-11)16-8-15-13(7-14(16)19)17(24)23(26)18(25)22(15)12-3-4-12/h7-8,10-12,20,26H,3-6,9H2,1-2H3/t10-,11+/m0/s1. The van der Waals surface area contributed by atoms with Gasteiger partial charge in [0.25, 0.3) is 5.56 Å². The Balaban J connectivity index is 1.84. The summed E-state index contributed by atoms with van der Waals surface area (Å²) in [5.41, 5.74) is -0.831. The van der Waals surface area contributed by atoms with Gasteiger partial charge in [0.05, 0.1) is 16.6 Å². The van der Waals surface area contributed by atoms with Crippen molar-refractivity contribution in [3.8, 4) is 0 Å². The summed E-state index contributed by atoms with van der Waals surface area (Å²) in [6, 6.07) is 3.03. The van der Waals surface area contributed by atoms with Crippen LogP contribution in [-0.2, 0) is 0 Å². The van der Waals surface area contributed by atoms with Gasteiger partial charge in [0.2, 0.25) is 0 Å². The summed E-state index contributed by atoms with van der Waals surface area (Å²) in [5.74, 6) is -0.0977. The van der Waals surface area contributed by atoms with Crippen molar-refractivity contribution in [2.45, 2.75) is 38.3 Å². The molecule has 0 amide bonds. The Kier molecular flexibility index (Phi) is 4.02. The number of rotatable bonds is 4. The van der Waals surface area contributed by atoms with Gasteiger partial charge in [-0.15, -0.1) is 0 Å². The van der Waals surface area contributed by atoms with Gasteiger partial charge < -0.3 is 15.4 Å². The summed E-state index contributed by atoms with van der Waals surface area (Å²) >= 11 is 0. The molecule has 8 heteroatoms. The summed E-state index contributed by atoms with van der Waals surface area (Å²) in [5, 5.41) is 13.1. The van der Waals surface area contributed by atoms with Gasteiger partial charge in [-0.3, -0.25) is 9.36 Å². The first-order valence-corrected chi connectivity index (χ1v) is 9.04. The maximum Gasteiger partial charge on any atom is 0.365 e. The Labute approximate surface area is 149 Å². The van der Waals surface area contributed by atoms with Crippen LogP contribution in [-0.4, -0.2) is 40.7 Å².